The van der Waals surface area contributed by atoms with Crippen LogP contribution in [0.3, 0.4) is 0 Å². The van der Waals surface area contributed by atoms with Crippen LogP contribution >= 0.6 is 0 Å². The summed E-state index contributed by atoms with van der Waals surface area (Å²) in [5.74, 6) is 0.513. The van der Waals surface area contributed by atoms with Crippen LogP contribution in [0.25, 0.3) is 0 Å². The fraction of sp³-hybridized carbons (Fsp3) is 0.611. The van der Waals surface area contributed by atoms with E-state index in [1.54, 1.807) is 6.07 Å². The molecule has 1 aliphatic rings. The Hall–Kier alpha value is -1.66. The van der Waals surface area contributed by atoms with Crippen molar-refractivity contribution in [1.82, 2.24) is 10.6 Å². The Morgan fingerprint density at radius 3 is 2.92 bits per heavy atom. The SMILES string of the molecule is CCNC(=NCc1cccc(F)c1)NCCCOC1CCOCC1. The summed E-state index contributed by atoms with van der Waals surface area (Å²) in [5, 5.41) is 6.48. The molecule has 1 aromatic carbocycles. The Labute approximate surface area is 143 Å². The van der Waals surface area contributed by atoms with Crippen LogP contribution in [-0.4, -0.2) is 45.0 Å². The maximum Gasteiger partial charge on any atom is 0.191 e. The van der Waals surface area contributed by atoms with Crippen molar-refractivity contribution >= 4 is 5.96 Å². The van der Waals surface area contributed by atoms with Crippen LogP contribution in [0.1, 0.15) is 31.7 Å². The van der Waals surface area contributed by atoms with E-state index in [1.165, 1.54) is 12.1 Å². The first kappa shape index (κ1) is 18.7. The molecule has 0 atom stereocenters. The van der Waals surface area contributed by atoms with E-state index in [2.05, 4.69) is 15.6 Å². The van der Waals surface area contributed by atoms with Gasteiger partial charge in [-0.05, 0) is 43.9 Å². The zero-order valence-electron chi connectivity index (χ0n) is 14.4. The maximum absolute atomic E-state index is 13.2. The summed E-state index contributed by atoms with van der Waals surface area (Å²) in [5.41, 5.74) is 0.857. The van der Waals surface area contributed by atoms with Gasteiger partial charge in [-0.25, -0.2) is 9.38 Å². The first-order valence-corrected chi connectivity index (χ1v) is 8.74. The molecular weight excluding hydrogens is 309 g/mol. The van der Waals surface area contributed by atoms with Crippen molar-refractivity contribution in [3.05, 3.63) is 35.6 Å². The van der Waals surface area contributed by atoms with Crippen molar-refractivity contribution in [3.63, 3.8) is 0 Å². The number of nitrogens with zero attached hydrogens (tertiary/aromatic N) is 1. The van der Waals surface area contributed by atoms with Crippen molar-refractivity contribution in [1.29, 1.82) is 0 Å². The van der Waals surface area contributed by atoms with Crippen molar-refractivity contribution in [2.75, 3.05) is 32.9 Å². The lowest BCUT2D eigenvalue weighted by molar-refractivity contribution is -0.0320. The van der Waals surface area contributed by atoms with Crippen LogP contribution in [0.5, 0.6) is 0 Å². The van der Waals surface area contributed by atoms with Crippen molar-refractivity contribution in [2.24, 2.45) is 4.99 Å². The third-order valence-corrected chi connectivity index (χ3v) is 3.79. The number of benzene rings is 1. The summed E-state index contributed by atoms with van der Waals surface area (Å²) < 4.78 is 24.3. The van der Waals surface area contributed by atoms with Crippen molar-refractivity contribution in [3.8, 4) is 0 Å². The Bertz CT molecular complexity index is 505. The minimum absolute atomic E-state index is 0.231. The summed E-state index contributed by atoms with van der Waals surface area (Å²) >= 11 is 0. The average molecular weight is 337 g/mol. The van der Waals surface area contributed by atoms with Gasteiger partial charge in [0.2, 0.25) is 0 Å². The molecule has 0 bridgehead atoms. The molecule has 1 saturated heterocycles. The Morgan fingerprint density at radius 1 is 1.33 bits per heavy atom. The number of hydrogen-bond acceptors (Lipinski definition) is 3. The molecule has 1 heterocycles. The Balaban J connectivity index is 1.67. The van der Waals surface area contributed by atoms with Crippen molar-refractivity contribution in [2.45, 2.75) is 38.8 Å². The molecule has 0 spiro atoms. The first-order chi connectivity index (χ1) is 11.8. The van der Waals surface area contributed by atoms with E-state index in [1.807, 2.05) is 13.0 Å². The molecule has 1 aliphatic heterocycles. The van der Waals surface area contributed by atoms with Gasteiger partial charge in [0.05, 0.1) is 12.6 Å². The molecule has 2 N–H and O–H groups in total. The molecule has 0 amide bonds. The number of nitrogens with one attached hydrogen (secondary N) is 2. The van der Waals surface area contributed by atoms with Gasteiger partial charge in [-0.3, -0.25) is 0 Å². The maximum atomic E-state index is 13.2. The number of rotatable bonds is 8. The molecule has 24 heavy (non-hydrogen) atoms. The van der Waals surface area contributed by atoms with Crippen LogP contribution in [0.15, 0.2) is 29.3 Å². The van der Waals surface area contributed by atoms with E-state index < -0.39 is 0 Å². The van der Waals surface area contributed by atoms with Gasteiger partial charge in [0.25, 0.3) is 0 Å². The molecule has 2 rings (SSSR count). The van der Waals surface area contributed by atoms with Gasteiger partial charge in [0.1, 0.15) is 5.82 Å². The molecule has 134 valence electrons. The number of guanidine groups is 1. The van der Waals surface area contributed by atoms with E-state index in [0.717, 1.165) is 63.7 Å². The second kappa shape index (κ2) is 11.0. The molecular formula is C18H28FN3O2. The average Bonchev–Trinajstić information content (AvgIpc) is 2.60. The van der Waals surface area contributed by atoms with Gasteiger partial charge in [0.15, 0.2) is 5.96 Å². The molecule has 6 heteroatoms. The lowest BCUT2D eigenvalue weighted by Gasteiger charge is -2.22. The van der Waals surface area contributed by atoms with E-state index >= 15 is 0 Å². The summed E-state index contributed by atoms with van der Waals surface area (Å²) in [4.78, 5) is 4.48. The van der Waals surface area contributed by atoms with Crippen LogP contribution < -0.4 is 10.6 Å². The highest BCUT2D eigenvalue weighted by molar-refractivity contribution is 5.79. The highest BCUT2D eigenvalue weighted by Crippen LogP contribution is 2.10. The number of halogens is 1. The van der Waals surface area contributed by atoms with Crippen molar-refractivity contribution < 1.29 is 13.9 Å². The predicted octanol–water partition coefficient (Wildman–Crippen LogP) is 2.47. The Kier molecular flexibility index (Phi) is 8.55. The topological polar surface area (TPSA) is 54.9 Å². The molecule has 0 aromatic heterocycles. The van der Waals surface area contributed by atoms with E-state index in [-0.39, 0.29) is 5.82 Å². The smallest absolute Gasteiger partial charge is 0.191 e. The summed E-state index contributed by atoms with van der Waals surface area (Å²) in [6.07, 6.45) is 3.24. The highest BCUT2D eigenvalue weighted by atomic mass is 19.1. The molecule has 0 unspecified atom stereocenters. The highest BCUT2D eigenvalue weighted by Gasteiger charge is 2.13. The largest absolute Gasteiger partial charge is 0.381 e. The molecule has 0 aliphatic carbocycles. The fourth-order valence-corrected chi connectivity index (χ4v) is 2.52. The zero-order chi connectivity index (χ0) is 17.0. The van der Waals surface area contributed by atoms with Gasteiger partial charge in [-0.2, -0.15) is 0 Å². The second-order valence-electron chi connectivity index (χ2n) is 5.79. The van der Waals surface area contributed by atoms with Crippen LogP contribution in [-0.2, 0) is 16.0 Å². The third-order valence-electron chi connectivity index (χ3n) is 3.79. The van der Waals surface area contributed by atoms with E-state index in [0.29, 0.717) is 12.6 Å². The van der Waals surface area contributed by atoms with Gasteiger partial charge in [-0.15, -0.1) is 0 Å². The minimum atomic E-state index is -0.231. The van der Waals surface area contributed by atoms with Crippen LogP contribution in [0, 0.1) is 5.82 Å². The molecule has 0 radical (unpaired) electrons. The van der Waals surface area contributed by atoms with Crippen LogP contribution in [0.2, 0.25) is 0 Å². The molecule has 5 nitrogen and oxygen atoms in total. The van der Waals surface area contributed by atoms with E-state index in [9.17, 15) is 4.39 Å². The van der Waals surface area contributed by atoms with E-state index in [4.69, 9.17) is 9.47 Å². The molecule has 1 fully saturated rings. The van der Waals surface area contributed by atoms with Gasteiger partial charge in [-0.1, -0.05) is 12.1 Å². The second-order valence-corrected chi connectivity index (χ2v) is 5.79. The number of hydrogen-bond donors (Lipinski definition) is 2. The van der Waals surface area contributed by atoms with Gasteiger partial charge in [0, 0.05) is 32.9 Å². The lowest BCUT2D eigenvalue weighted by Crippen LogP contribution is -2.38. The minimum Gasteiger partial charge on any atom is -0.381 e. The zero-order valence-corrected chi connectivity index (χ0v) is 14.4. The third kappa shape index (κ3) is 7.27. The van der Waals surface area contributed by atoms with Crippen LogP contribution in [0.4, 0.5) is 4.39 Å². The molecule has 1 aromatic rings. The predicted molar refractivity (Wildman–Crippen MR) is 93.6 cm³/mol. The first-order valence-electron chi connectivity index (χ1n) is 8.74. The normalized spacial score (nSPS) is 16.2. The monoisotopic (exact) mass is 337 g/mol. The number of ether oxygens (including phenoxy) is 2. The quantitative estimate of drug-likeness (QED) is 0.435. The summed E-state index contributed by atoms with van der Waals surface area (Å²) in [6.45, 7) is 6.40. The Morgan fingerprint density at radius 2 is 2.17 bits per heavy atom. The standard InChI is InChI=1S/C18H28FN3O2/c1-2-20-18(22-14-15-5-3-6-16(19)13-15)21-9-4-10-24-17-7-11-23-12-8-17/h3,5-6,13,17H,2,4,7-12,14H2,1H3,(H2,20,21,22). The summed E-state index contributed by atoms with van der Waals surface area (Å²) in [7, 11) is 0. The molecule has 0 saturated carbocycles. The lowest BCUT2D eigenvalue weighted by atomic mass is 10.1. The summed E-state index contributed by atoms with van der Waals surface area (Å²) in [6, 6.07) is 6.52. The fourth-order valence-electron chi connectivity index (χ4n) is 2.52. The number of aliphatic imine (C=N–C) groups is 1. The van der Waals surface area contributed by atoms with Gasteiger partial charge >= 0.3 is 0 Å². The van der Waals surface area contributed by atoms with Gasteiger partial charge < -0.3 is 20.1 Å².